The summed E-state index contributed by atoms with van der Waals surface area (Å²) in [6.45, 7) is 10.5. The highest BCUT2D eigenvalue weighted by atomic mass is 35.5. The Labute approximate surface area is 238 Å². The minimum Gasteiger partial charge on any atom is -0.469 e. The van der Waals surface area contributed by atoms with Crippen LogP contribution in [0.25, 0.3) is 0 Å². The third-order valence-corrected chi connectivity index (χ3v) is 7.96. The number of carbonyl (C=O) groups excluding carboxylic acids is 2. The summed E-state index contributed by atoms with van der Waals surface area (Å²) in [4.78, 5) is 40.8. The van der Waals surface area contributed by atoms with E-state index in [-0.39, 0.29) is 28.7 Å². The van der Waals surface area contributed by atoms with Gasteiger partial charge in [0.25, 0.3) is 5.91 Å². The van der Waals surface area contributed by atoms with Gasteiger partial charge in [-0.1, -0.05) is 31.5 Å². The highest BCUT2D eigenvalue weighted by molar-refractivity contribution is 6.30. The predicted octanol–water partition coefficient (Wildman–Crippen LogP) is 5.15. The fourth-order valence-electron chi connectivity index (χ4n) is 5.54. The number of aromatic nitrogens is 2. The van der Waals surface area contributed by atoms with Crippen molar-refractivity contribution in [3.8, 4) is 0 Å². The Balaban J connectivity index is 1.34. The first-order valence-electron chi connectivity index (χ1n) is 13.2. The van der Waals surface area contributed by atoms with Gasteiger partial charge >= 0.3 is 5.97 Å². The van der Waals surface area contributed by atoms with Crippen LogP contribution in [0.1, 0.15) is 49.4 Å². The van der Waals surface area contributed by atoms with Gasteiger partial charge in [0, 0.05) is 43.5 Å². The average molecular weight is 566 g/mol. The third kappa shape index (κ3) is 5.22. The lowest BCUT2D eigenvalue weighted by atomic mass is 9.91. The van der Waals surface area contributed by atoms with Crippen LogP contribution in [0, 0.1) is 5.82 Å². The van der Waals surface area contributed by atoms with E-state index in [0.717, 1.165) is 22.8 Å². The number of benzene rings is 1. The van der Waals surface area contributed by atoms with Crippen molar-refractivity contribution in [2.45, 2.75) is 45.1 Å². The lowest BCUT2D eigenvalue weighted by Crippen LogP contribution is -2.61. The van der Waals surface area contributed by atoms with Gasteiger partial charge in [0.2, 0.25) is 0 Å². The third-order valence-electron chi connectivity index (χ3n) is 7.65. The number of methoxy groups -OCH3 is 1. The zero-order chi connectivity index (χ0) is 28.8. The summed E-state index contributed by atoms with van der Waals surface area (Å²) in [6.07, 6.45) is 1.87. The van der Waals surface area contributed by atoms with Gasteiger partial charge in [-0.05, 0) is 55.8 Å². The molecule has 0 atom stereocenters. The molecule has 4 heterocycles. The van der Waals surface area contributed by atoms with Crippen molar-refractivity contribution in [1.82, 2.24) is 14.9 Å². The molecule has 10 heteroatoms. The van der Waals surface area contributed by atoms with Gasteiger partial charge in [-0.2, -0.15) is 0 Å². The molecular weight excluding hydrogens is 533 g/mol. The zero-order valence-corrected chi connectivity index (χ0v) is 24.1. The van der Waals surface area contributed by atoms with Crippen molar-refractivity contribution in [2.75, 3.05) is 43.1 Å². The first-order chi connectivity index (χ1) is 18.9. The first kappa shape index (κ1) is 27.8. The summed E-state index contributed by atoms with van der Waals surface area (Å²) in [5.41, 5.74) is 2.71. The maximum absolute atomic E-state index is 14.2. The molecule has 0 N–H and O–H groups in total. The molecule has 1 fully saturated rings. The Morgan fingerprint density at radius 3 is 2.48 bits per heavy atom. The standard InChI is InChI=1S/C30H33ClFN5O3/c1-29(2)17-36(20-7-8-21(31)22(32)15-20)24-10-9-23(34-27(24)29)28(39)37-13-12-35(18-30(37,3)4)25-11-6-19(16-33-25)14-26(38)40-5/h6-11,15-16H,12-14,17-18H2,1-5H3. The van der Waals surface area contributed by atoms with Gasteiger partial charge in [-0.15, -0.1) is 0 Å². The number of halogens is 2. The molecular formula is C30H33ClFN5O3. The Kier molecular flexibility index (Phi) is 7.20. The number of pyridine rings is 2. The van der Waals surface area contributed by atoms with Crippen molar-refractivity contribution in [1.29, 1.82) is 0 Å². The molecule has 3 aromatic rings. The molecule has 210 valence electrons. The van der Waals surface area contributed by atoms with Gasteiger partial charge in [-0.25, -0.2) is 14.4 Å². The van der Waals surface area contributed by atoms with E-state index in [1.54, 1.807) is 24.4 Å². The quantitative estimate of drug-likeness (QED) is 0.396. The normalized spacial score (nSPS) is 17.5. The number of carbonyl (C=O) groups is 2. The van der Waals surface area contributed by atoms with Crippen LogP contribution in [0.4, 0.5) is 21.6 Å². The fourth-order valence-corrected chi connectivity index (χ4v) is 5.66. The molecule has 0 saturated carbocycles. The van der Waals surface area contributed by atoms with Crippen LogP contribution in [-0.2, 0) is 21.4 Å². The maximum atomic E-state index is 14.2. The molecule has 1 saturated heterocycles. The molecule has 0 radical (unpaired) electrons. The average Bonchev–Trinajstić information content (AvgIpc) is 3.19. The molecule has 1 aromatic carbocycles. The highest BCUT2D eigenvalue weighted by Gasteiger charge is 2.41. The Bertz CT molecular complexity index is 1460. The maximum Gasteiger partial charge on any atom is 0.310 e. The SMILES string of the molecule is COC(=O)Cc1ccc(N2CCN(C(=O)c3ccc4c(n3)C(C)(C)CN4c3ccc(Cl)c(F)c3)C(C)(C)C2)nc1. The topological polar surface area (TPSA) is 78.9 Å². The van der Waals surface area contributed by atoms with Crippen LogP contribution < -0.4 is 9.80 Å². The highest BCUT2D eigenvalue weighted by Crippen LogP contribution is 2.44. The number of anilines is 3. The fraction of sp³-hybridized carbons (Fsp3) is 0.400. The van der Waals surface area contributed by atoms with Crippen LogP contribution in [-0.4, -0.2) is 65.6 Å². The van der Waals surface area contributed by atoms with E-state index in [9.17, 15) is 14.0 Å². The summed E-state index contributed by atoms with van der Waals surface area (Å²) in [5.74, 6) is -0.109. The second kappa shape index (κ2) is 10.4. The van der Waals surface area contributed by atoms with Crippen LogP contribution in [0.15, 0.2) is 48.7 Å². The molecule has 2 aliphatic rings. The number of rotatable bonds is 5. The van der Waals surface area contributed by atoms with Gasteiger partial charge < -0.3 is 19.4 Å². The lowest BCUT2D eigenvalue weighted by molar-refractivity contribution is -0.139. The summed E-state index contributed by atoms with van der Waals surface area (Å²) < 4.78 is 18.9. The molecule has 40 heavy (non-hydrogen) atoms. The van der Waals surface area contributed by atoms with Crippen LogP contribution >= 0.6 is 11.6 Å². The molecule has 0 bridgehead atoms. The van der Waals surface area contributed by atoms with Crippen LogP contribution in [0.5, 0.6) is 0 Å². The smallest absolute Gasteiger partial charge is 0.310 e. The molecule has 0 aliphatic carbocycles. The number of esters is 1. The van der Waals surface area contributed by atoms with E-state index in [0.29, 0.717) is 37.6 Å². The molecule has 8 nitrogen and oxygen atoms in total. The zero-order valence-electron chi connectivity index (χ0n) is 23.4. The predicted molar refractivity (Wildman–Crippen MR) is 153 cm³/mol. The van der Waals surface area contributed by atoms with Crippen molar-refractivity contribution in [3.05, 3.63) is 76.5 Å². The molecule has 0 spiro atoms. The van der Waals surface area contributed by atoms with E-state index in [1.165, 1.54) is 13.2 Å². The molecule has 1 amide bonds. The van der Waals surface area contributed by atoms with Crippen LogP contribution in [0.3, 0.4) is 0 Å². The van der Waals surface area contributed by atoms with Crippen molar-refractivity contribution < 1.29 is 18.7 Å². The molecule has 2 aliphatic heterocycles. The van der Waals surface area contributed by atoms with Crippen LogP contribution in [0.2, 0.25) is 5.02 Å². The van der Waals surface area contributed by atoms with E-state index < -0.39 is 11.4 Å². The summed E-state index contributed by atoms with van der Waals surface area (Å²) >= 11 is 5.90. The Morgan fingerprint density at radius 2 is 1.82 bits per heavy atom. The van der Waals surface area contributed by atoms with Gasteiger partial charge in [0.1, 0.15) is 17.3 Å². The van der Waals surface area contributed by atoms with E-state index in [2.05, 4.69) is 23.7 Å². The number of fused-ring (bicyclic) bond motifs is 1. The van der Waals surface area contributed by atoms with E-state index >= 15 is 0 Å². The number of nitrogens with zero attached hydrogens (tertiary/aromatic N) is 5. The minimum absolute atomic E-state index is 0.0792. The summed E-state index contributed by atoms with van der Waals surface area (Å²) in [7, 11) is 1.37. The molecule has 2 aromatic heterocycles. The second-order valence-electron chi connectivity index (χ2n) is 11.6. The van der Waals surface area contributed by atoms with Gasteiger partial charge in [0.05, 0.1) is 35.5 Å². The Hall–Kier alpha value is -3.72. The number of hydrogen-bond donors (Lipinski definition) is 0. The number of hydrogen-bond acceptors (Lipinski definition) is 7. The minimum atomic E-state index is -0.481. The van der Waals surface area contributed by atoms with E-state index in [1.807, 2.05) is 41.8 Å². The Morgan fingerprint density at radius 1 is 1.05 bits per heavy atom. The second-order valence-corrected chi connectivity index (χ2v) is 12.0. The molecule has 5 rings (SSSR count). The number of ether oxygens (including phenoxy) is 1. The first-order valence-corrected chi connectivity index (χ1v) is 13.6. The van der Waals surface area contributed by atoms with Crippen molar-refractivity contribution >= 4 is 40.7 Å². The number of piperazine rings is 1. The van der Waals surface area contributed by atoms with Gasteiger partial charge in [0.15, 0.2) is 0 Å². The lowest BCUT2D eigenvalue weighted by Gasteiger charge is -2.47. The monoisotopic (exact) mass is 565 g/mol. The number of amides is 1. The van der Waals surface area contributed by atoms with Crippen molar-refractivity contribution in [3.63, 3.8) is 0 Å². The summed E-state index contributed by atoms with van der Waals surface area (Å²) in [6, 6.07) is 12.2. The summed E-state index contributed by atoms with van der Waals surface area (Å²) in [5, 5.41) is 0.0792. The van der Waals surface area contributed by atoms with Crippen molar-refractivity contribution in [2.24, 2.45) is 0 Å². The van der Waals surface area contributed by atoms with Gasteiger partial charge in [-0.3, -0.25) is 9.59 Å². The van der Waals surface area contributed by atoms with E-state index in [4.69, 9.17) is 21.3 Å². The largest absolute Gasteiger partial charge is 0.469 e. The molecule has 0 unspecified atom stereocenters.